The molecule has 0 amide bonds. The van der Waals surface area contributed by atoms with Crippen LogP contribution in [-0.2, 0) is 0 Å². The van der Waals surface area contributed by atoms with Crippen molar-refractivity contribution in [1.82, 2.24) is 4.90 Å². The molecule has 110 valence electrons. The van der Waals surface area contributed by atoms with Crippen molar-refractivity contribution in [3.63, 3.8) is 0 Å². The number of alkyl halides is 1. The average molecular weight is 393 g/mol. The highest BCUT2D eigenvalue weighted by Gasteiger charge is 2.12. The third-order valence-corrected chi connectivity index (χ3v) is 4.05. The molecule has 0 aliphatic carbocycles. The minimum absolute atomic E-state index is 0. The molecule has 1 nitrogen and oxygen atoms in total. The van der Waals surface area contributed by atoms with Crippen LogP contribution in [0.2, 0.25) is 0 Å². The molecule has 19 heavy (non-hydrogen) atoms. The monoisotopic (exact) mass is 391 g/mol. The highest BCUT2D eigenvalue weighted by atomic mass is 79.9. The van der Waals surface area contributed by atoms with Crippen LogP contribution >= 0.6 is 32.9 Å². The summed E-state index contributed by atoms with van der Waals surface area (Å²) in [6, 6.07) is 10.7. The standard InChI is InChI=1S/C16H26BrN.BrH/c1-3-5-12-18(13-6-4-2)14-16(17)15-10-8-7-9-11-15;/h7-11,16H,3-6,12-14H2,1-2H3;1H. The fourth-order valence-corrected chi connectivity index (χ4v) is 2.77. The first-order chi connectivity index (χ1) is 8.77. The number of rotatable bonds is 9. The molecule has 0 N–H and O–H groups in total. The van der Waals surface area contributed by atoms with Crippen molar-refractivity contribution < 1.29 is 0 Å². The maximum atomic E-state index is 3.83. The minimum Gasteiger partial charge on any atom is -0.302 e. The van der Waals surface area contributed by atoms with Crippen molar-refractivity contribution in [2.75, 3.05) is 19.6 Å². The first-order valence-corrected chi connectivity index (χ1v) is 8.10. The summed E-state index contributed by atoms with van der Waals surface area (Å²) >= 11 is 3.83. The Morgan fingerprint density at radius 1 is 1.00 bits per heavy atom. The lowest BCUT2D eigenvalue weighted by atomic mass is 10.1. The quantitative estimate of drug-likeness (QED) is 0.494. The van der Waals surface area contributed by atoms with Gasteiger partial charge in [0.2, 0.25) is 0 Å². The summed E-state index contributed by atoms with van der Waals surface area (Å²) < 4.78 is 0. The Hall–Kier alpha value is 0.140. The van der Waals surface area contributed by atoms with Crippen LogP contribution in [0, 0.1) is 0 Å². The van der Waals surface area contributed by atoms with Gasteiger partial charge in [-0.15, -0.1) is 17.0 Å². The SMILES string of the molecule is Br.CCCCN(CCCC)CC(Br)c1ccccc1. The van der Waals surface area contributed by atoms with Crippen LogP contribution in [0.1, 0.15) is 49.9 Å². The Bertz CT molecular complexity index is 295. The van der Waals surface area contributed by atoms with Crippen LogP contribution in [0.15, 0.2) is 30.3 Å². The van der Waals surface area contributed by atoms with Gasteiger partial charge >= 0.3 is 0 Å². The summed E-state index contributed by atoms with van der Waals surface area (Å²) in [5, 5.41) is 0. The van der Waals surface area contributed by atoms with Gasteiger partial charge in [0, 0.05) is 6.54 Å². The second kappa shape index (κ2) is 11.9. The Morgan fingerprint density at radius 3 is 2.00 bits per heavy atom. The van der Waals surface area contributed by atoms with Crippen LogP contribution in [-0.4, -0.2) is 24.5 Å². The number of hydrogen-bond donors (Lipinski definition) is 0. The first kappa shape index (κ1) is 19.1. The molecular formula is C16H27Br2N. The zero-order chi connectivity index (χ0) is 13.2. The van der Waals surface area contributed by atoms with Crippen molar-refractivity contribution in [1.29, 1.82) is 0 Å². The second-order valence-electron chi connectivity index (χ2n) is 4.89. The van der Waals surface area contributed by atoms with Crippen molar-refractivity contribution in [3.05, 3.63) is 35.9 Å². The lowest BCUT2D eigenvalue weighted by molar-refractivity contribution is 0.267. The molecule has 0 radical (unpaired) electrons. The predicted molar refractivity (Wildman–Crippen MR) is 94.7 cm³/mol. The van der Waals surface area contributed by atoms with Gasteiger partial charge in [0.15, 0.2) is 0 Å². The van der Waals surface area contributed by atoms with E-state index in [0.29, 0.717) is 4.83 Å². The highest BCUT2D eigenvalue weighted by molar-refractivity contribution is 9.09. The van der Waals surface area contributed by atoms with E-state index in [0.717, 1.165) is 6.54 Å². The van der Waals surface area contributed by atoms with Crippen molar-refractivity contribution >= 4 is 32.9 Å². The number of hydrogen-bond acceptors (Lipinski definition) is 1. The zero-order valence-electron chi connectivity index (χ0n) is 12.1. The Labute approximate surface area is 137 Å². The number of halogens is 2. The second-order valence-corrected chi connectivity index (χ2v) is 5.99. The first-order valence-electron chi connectivity index (χ1n) is 7.19. The molecular weight excluding hydrogens is 366 g/mol. The topological polar surface area (TPSA) is 3.24 Å². The lowest BCUT2D eigenvalue weighted by Gasteiger charge is -2.25. The summed E-state index contributed by atoms with van der Waals surface area (Å²) in [6.07, 6.45) is 5.16. The van der Waals surface area contributed by atoms with Gasteiger partial charge in [-0.2, -0.15) is 0 Å². The third-order valence-electron chi connectivity index (χ3n) is 3.24. The van der Waals surface area contributed by atoms with Gasteiger partial charge in [0.1, 0.15) is 0 Å². The minimum atomic E-state index is 0. The van der Waals surface area contributed by atoms with E-state index in [1.807, 2.05) is 0 Å². The summed E-state index contributed by atoms with van der Waals surface area (Å²) in [5.74, 6) is 0. The number of benzene rings is 1. The molecule has 1 atom stereocenters. The molecule has 1 unspecified atom stereocenters. The Morgan fingerprint density at radius 2 is 1.53 bits per heavy atom. The van der Waals surface area contributed by atoms with Gasteiger partial charge in [-0.25, -0.2) is 0 Å². The summed E-state index contributed by atoms with van der Waals surface area (Å²) in [7, 11) is 0. The summed E-state index contributed by atoms with van der Waals surface area (Å²) in [5.41, 5.74) is 1.38. The fraction of sp³-hybridized carbons (Fsp3) is 0.625. The molecule has 0 heterocycles. The zero-order valence-corrected chi connectivity index (χ0v) is 15.4. The highest BCUT2D eigenvalue weighted by Crippen LogP contribution is 2.23. The molecule has 0 aliphatic heterocycles. The molecule has 0 saturated carbocycles. The van der Waals surface area contributed by atoms with E-state index in [2.05, 4.69) is 65.0 Å². The maximum absolute atomic E-state index is 3.83. The van der Waals surface area contributed by atoms with Crippen LogP contribution in [0.25, 0.3) is 0 Å². The van der Waals surface area contributed by atoms with Crippen LogP contribution < -0.4 is 0 Å². The normalized spacial score (nSPS) is 12.2. The molecule has 0 aliphatic rings. The van der Waals surface area contributed by atoms with E-state index in [1.54, 1.807) is 0 Å². The average Bonchev–Trinajstić information content (AvgIpc) is 2.42. The van der Waals surface area contributed by atoms with E-state index in [4.69, 9.17) is 0 Å². The van der Waals surface area contributed by atoms with Gasteiger partial charge in [-0.1, -0.05) is 73.0 Å². The molecule has 3 heteroatoms. The smallest absolute Gasteiger partial charge is 0.0522 e. The van der Waals surface area contributed by atoms with E-state index in [-0.39, 0.29) is 17.0 Å². The molecule has 0 saturated heterocycles. The molecule has 0 spiro atoms. The summed E-state index contributed by atoms with van der Waals surface area (Å²) in [6.45, 7) is 8.10. The Kier molecular flexibility index (Phi) is 12.0. The van der Waals surface area contributed by atoms with E-state index >= 15 is 0 Å². The molecule has 0 aromatic heterocycles. The molecule has 1 aromatic carbocycles. The predicted octanol–water partition coefficient (Wildman–Crippen LogP) is 5.60. The van der Waals surface area contributed by atoms with Crippen LogP contribution in [0.3, 0.4) is 0 Å². The van der Waals surface area contributed by atoms with Gasteiger partial charge in [0.05, 0.1) is 4.83 Å². The molecule has 0 fully saturated rings. The van der Waals surface area contributed by atoms with Crippen LogP contribution in [0.4, 0.5) is 0 Å². The van der Waals surface area contributed by atoms with Gasteiger partial charge in [0.25, 0.3) is 0 Å². The largest absolute Gasteiger partial charge is 0.302 e. The van der Waals surface area contributed by atoms with E-state index < -0.39 is 0 Å². The Balaban J connectivity index is 0.00000324. The van der Waals surface area contributed by atoms with Gasteiger partial charge in [-0.05, 0) is 31.5 Å². The van der Waals surface area contributed by atoms with Crippen molar-refractivity contribution in [2.24, 2.45) is 0 Å². The van der Waals surface area contributed by atoms with Crippen LogP contribution in [0.5, 0.6) is 0 Å². The molecule has 1 aromatic rings. The fourth-order valence-electron chi connectivity index (χ4n) is 2.05. The van der Waals surface area contributed by atoms with Crippen molar-refractivity contribution in [2.45, 2.75) is 44.4 Å². The molecule has 1 rings (SSSR count). The number of nitrogens with zero attached hydrogens (tertiary/aromatic N) is 1. The van der Waals surface area contributed by atoms with Crippen molar-refractivity contribution in [3.8, 4) is 0 Å². The van der Waals surface area contributed by atoms with Gasteiger partial charge < -0.3 is 4.90 Å². The van der Waals surface area contributed by atoms with E-state index in [9.17, 15) is 0 Å². The summed E-state index contributed by atoms with van der Waals surface area (Å²) in [4.78, 5) is 3.05. The third kappa shape index (κ3) is 8.11. The van der Waals surface area contributed by atoms with Gasteiger partial charge in [-0.3, -0.25) is 0 Å². The number of unbranched alkanes of at least 4 members (excludes halogenated alkanes) is 2. The maximum Gasteiger partial charge on any atom is 0.0522 e. The lowest BCUT2D eigenvalue weighted by Crippen LogP contribution is -2.29. The molecule has 0 bridgehead atoms. The van der Waals surface area contributed by atoms with E-state index in [1.165, 1.54) is 44.3 Å².